The van der Waals surface area contributed by atoms with Crippen molar-refractivity contribution in [3.05, 3.63) is 0 Å². The Morgan fingerprint density at radius 3 is 2.17 bits per heavy atom. The van der Waals surface area contributed by atoms with E-state index < -0.39 is 0 Å². The molecule has 0 N–H and O–H groups in total. The molecule has 1 aliphatic heterocycles. The van der Waals surface area contributed by atoms with E-state index in [0.29, 0.717) is 0 Å². The van der Waals surface area contributed by atoms with Crippen LogP contribution in [0.2, 0.25) is 0 Å². The maximum atomic E-state index is 9.16. The lowest BCUT2D eigenvalue weighted by Crippen LogP contribution is -2.41. The topological polar surface area (TPSA) is 33.0 Å². The average molecular weight is 165 g/mol. The minimum Gasteiger partial charge on any atom is -0.368 e. The predicted octanol–water partition coefficient (Wildman–Crippen LogP) is 2.25. The summed E-state index contributed by atoms with van der Waals surface area (Å²) >= 11 is 0. The van der Waals surface area contributed by atoms with Crippen molar-refractivity contribution >= 4 is 0 Å². The lowest BCUT2D eigenvalue weighted by Gasteiger charge is -2.37. The zero-order valence-electron chi connectivity index (χ0n) is 7.98. The van der Waals surface area contributed by atoms with Crippen molar-refractivity contribution in [1.82, 2.24) is 0 Å². The van der Waals surface area contributed by atoms with Crippen LogP contribution in [-0.2, 0) is 4.74 Å². The molecule has 0 amide bonds. The van der Waals surface area contributed by atoms with Crippen molar-refractivity contribution < 1.29 is 4.74 Å². The van der Waals surface area contributed by atoms with E-state index in [2.05, 4.69) is 13.0 Å². The zero-order valence-corrected chi connectivity index (χ0v) is 7.98. The van der Waals surface area contributed by atoms with Crippen molar-refractivity contribution in [1.29, 1.82) is 5.26 Å². The molecule has 2 fully saturated rings. The number of nitrogens with zero attached hydrogens (tertiary/aromatic N) is 1. The van der Waals surface area contributed by atoms with Crippen molar-refractivity contribution in [3.8, 4) is 6.07 Å². The van der Waals surface area contributed by atoms with Crippen molar-refractivity contribution in [2.45, 2.75) is 51.2 Å². The highest BCUT2D eigenvalue weighted by Gasteiger charge is 2.63. The van der Waals surface area contributed by atoms with Gasteiger partial charge in [0.05, 0.1) is 22.7 Å². The van der Waals surface area contributed by atoms with Crippen LogP contribution in [0.4, 0.5) is 0 Å². The fourth-order valence-electron chi connectivity index (χ4n) is 2.84. The molecule has 2 atom stereocenters. The van der Waals surface area contributed by atoms with E-state index in [1.807, 2.05) is 13.8 Å². The first-order chi connectivity index (χ1) is 5.43. The van der Waals surface area contributed by atoms with Gasteiger partial charge < -0.3 is 4.74 Å². The van der Waals surface area contributed by atoms with Crippen LogP contribution in [0.5, 0.6) is 0 Å². The van der Waals surface area contributed by atoms with Crippen molar-refractivity contribution in [2.75, 3.05) is 0 Å². The standard InChI is InChI=1S/C10H15NO/c1-8(2)10(7-11)5-4-9(3,6-10)12-8/h4-6H2,1-3H3. The molecule has 0 radical (unpaired) electrons. The predicted molar refractivity (Wildman–Crippen MR) is 45.5 cm³/mol. The molecule has 1 aliphatic carbocycles. The van der Waals surface area contributed by atoms with Gasteiger partial charge >= 0.3 is 0 Å². The second-order valence-corrected chi connectivity index (χ2v) is 4.93. The van der Waals surface area contributed by atoms with Crippen LogP contribution < -0.4 is 0 Å². The van der Waals surface area contributed by atoms with Gasteiger partial charge in [-0.2, -0.15) is 5.26 Å². The molecule has 1 saturated heterocycles. The van der Waals surface area contributed by atoms with Crippen LogP contribution in [0.3, 0.4) is 0 Å². The van der Waals surface area contributed by atoms with Gasteiger partial charge in [0.2, 0.25) is 0 Å². The molecule has 2 bridgehead atoms. The molecule has 2 heteroatoms. The Labute approximate surface area is 73.5 Å². The first-order valence-electron chi connectivity index (χ1n) is 4.55. The van der Waals surface area contributed by atoms with Gasteiger partial charge in [0.25, 0.3) is 0 Å². The highest BCUT2D eigenvalue weighted by Crippen LogP contribution is 2.60. The van der Waals surface area contributed by atoms with E-state index in [1.54, 1.807) is 0 Å². The molecule has 12 heavy (non-hydrogen) atoms. The summed E-state index contributed by atoms with van der Waals surface area (Å²) in [6.07, 6.45) is 2.97. The molecule has 2 unspecified atom stereocenters. The summed E-state index contributed by atoms with van der Waals surface area (Å²) in [5, 5.41) is 9.16. The lowest BCUT2D eigenvalue weighted by molar-refractivity contribution is -0.123. The molecule has 1 heterocycles. The minimum absolute atomic E-state index is 0.0147. The second kappa shape index (κ2) is 1.85. The molecule has 0 aromatic rings. The molecule has 0 spiro atoms. The molecule has 2 rings (SSSR count). The summed E-state index contributed by atoms with van der Waals surface area (Å²) in [6, 6.07) is 2.46. The summed E-state index contributed by atoms with van der Waals surface area (Å²) in [5.41, 5.74) is -0.463. The Kier molecular flexibility index (Phi) is 1.24. The Balaban J connectivity index is 2.43. The first kappa shape index (κ1) is 8.07. The third-order valence-corrected chi connectivity index (χ3v) is 3.62. The molecule has 1 saturated carbocycles. The monoisotopic (exact) mass is 165 g/mol. The van der Waals surface area contributed by atoms with Crippen LogP contribution in [-0.4, -0.2) is 11.2 Å². The van der Waals surface area contributed by atoms with Crippen LogP contribution >= 0.6 is 0 Å². The van der Waals surface area contributed by atoms with Crippen LogP contribution in [0, 0.1) is 16.7 Å². The number of nitriles is 1. The van der Waals surface area contributed by atoms with Gasteiger partial charge in [-0.05, 0) is 40.0 Å². The molecular formula is C10H15NO. The van der Waals surface area contributed by atoms with Crippen molar-refractivity contribution in [3.63, 3.8) is 0 Å². The van der Waals surface area contributed by atoms with Gasteiger partial charge in [-0.1, -0.05) is 0 Å². The maximum Gasteiger partial charge on any atom is 0.0886 e. The van der Waals surface area contributed by atoms with Crippen LogP contribution in [0.1, 0.15) is 40.0 Å². The van der Waals surface area contributed by atoms with Gasteiger partial charge in [-0.25, -0.2) is 0 Å². The molecule has 2 aliphatic rings. The van der Waals surface area contributed by atoms with Crippen LogP contribution in [0.15, 0.2) is 0 Å². The Morgan fingerprint density at radius 2 is 1.92 bits per heavy atom. The van der Waals surface area contributed by atoms with E-state index in [1.165, 1.54) is 0 Å². The van der Waals surface area contributed by atoms with E-state index in [-0.39, 0.29) is 16.6 Å². The highest BCUT2D eigenvalue weighted by molar-refractivity contribution is 5.21. The van der Waals surface area contributed by atoms with E-state index in [9.17, 15) is 0 Å². The van der Waals surface area contributed by atoms with Gasteiger partial charge in [-0.3, -0.25) is 0 Å². The first-order valence-corrected chi connectivity index (χ1v) is 4.55. The van der Waals surface area contributed by atoms with E-state index in [0.717, 1.165) is 19.3 Å². The minimum atomic E-state index is -0.241. The summed E-state index contributed by atoms with van der Waals surface area (Å²) in [7, 11) is 0. The fourth-order valence-corrected chi connectivity index (χ4v) is 2.84. The molecule has 0 aromatic carbocycles. The lowest BCUT2D eigenvalue weighted by atomic mass is 9.74. The SMILES string of the molecule is CC12CCC(C#N)(C1)C(C)(C)O2. The molecule has 0 aromatic heterocycles. The molecule has 66 valence electrons. The van der Waals surface area contributed by atoms with E-state index >= 15 is 0 Å². The number of rotatable bonds is 0. The number of hydrogen-bond acceptors (Lipinski definition) is 2. The summed E-state index contributed by atoms with van der Waals surface area (Å²) in [5.74, 6) is 0. The third-order valence-electron chi connectivity index (χ3n) is 3.62. The van der Waals surface area contributed by atoms with Gasteiger partial charge in [-0.15, -0.1) is 0 Å². The Hall–Kier alpha value is -0.550. The highest BCUT2D eigenvalue weighted by atomic mass is 16.5. The number of hydrogen-bond donors (Lipinski definition) is 0. The quantitative estimate of drug-likeness (QED) is 0.551. The number of ether oxygens (including phenoxy) is 1. The molecule has 2 nitrogen and oxygen atoms in total. The average Bonchev–Trinajstić information content (AvgIpc) is 2.35. The van der Waals surface area contributed by atoms with Gasteiger partial charge in [0.1, 0.15) is 0 Å². The fraction of sp³-hybridized carbons (Fsp3) is 0.900. The Bertz CT molecular complexity index is 266. The van der Waals surface area contributed by atoms with Gasteiger partial charge in [0, 0.05) is 0 Å². The van der Waals surface area contributed by atoms with Crippen LogP contribution in [0.25, 0.3) is 0 Å². The Morgan fingerprint density at radius 1 is 1.25 bits per heavy atom. The summed E-state index contributed by atoms with van der Waals surface area (Å²) < 4.78 is 5.91. The summed E-state index contributed by atoms with van der Waals surface area (Å²) in [6.45, 7) is 6.21. The van der Waals surface area contributed by atoms with E-state index in [4.69, 9.17) is 10.00 Å². The smallest absolute Gasteiger partial charge is 0.0886 e. The summed E-state index contributed by atoms with van der Waals surface area (Å²) in [4.78, 5) is 0. The molecular weight excluding hydrogens is 150 g/mol. The third kappa shape index (κ3) is 0.728. The zero-order chi connectivity index (χ0) is 9.04. The largest absolute Gasteiger partial charge is 0.368 e. The van der Waals surface area contributed by atoms with Crippen molar-refractivity contribution in [2.24, 2.45) is 5.41 Å². The normalized spacial score (nSPS) is 49.2. The van der Waals surface area contributed by atoms with Gasteiger partial charge in [0.15, 0.2) is 0 Å². The second-order valence-electron chi connectivity index (χ2n) is 4.93. The maximum absolute atomic E-state index is 9.16. The number of fused-ring (bicyclic) bond motifs is 2.